The fourth-order valence-corrected chi connectivity index (χ4v) is 3.73. The summed E-state index contributed by atoms with van der Waals surface area (Å²) in [5.74, 6) is 0.984. The van der Waals surface area contributed by atoms with E-state index in [0.29, 0.717) is 22.1 Å². The highest BCUT2D eigenvalue weighted by atomic mass is 35.5. The van der Waals surface area contributed by atoms with Gasteiger partial charge in [-0.3, -0.25) is 10.1 Å². The van der Waals surface area contributed by atoms with Gasteiger partial charge in [0.1, 0.15) is 9.84 Å². The zero-order valence-corrected chi connectivity index (χ0v) is 12.0. The minimum Gasteiger partial charge on any atom is -0.258 e. The maximum atomic E-state index is 10.9. The number of nitrogens with zero attached hydrogens (tertiary/aromatic N) is 1. The quantitative estimate of drug-likeness (QED) is 0.458. The van der Waals surface area contributed by atoms with Crippen LogP contribution < -0.4 is 0 Å². The first-order valence-corrected chi connectivity index (χ1v) is 8.57. The van der Waals surface area contributed by atoms with Crippen molar-refractivity contribution in [1.82, 2.24) is 0 Å². The third kappa shape index (κ3) is 5.24. The summed E-state index contributed by atoms with van der Waals surface area (Å²) in [6.45, 7) is 0. The van der Waals surface area contributed by atoms with Gasteiger partial charge in [0.25, 0.3) is 5.69 Å². The molecule has 0 atom stereocenters. The molecule has 8 heteroatoms. The van der Waals surface area contributed by atoms with E-state index in [2.05, 4.69) is 0 Å². The number of hydrogen-bond acceptors (Lipinski definition) is 5. The highest BCUT2D eigenvalue weighted by molar-refractivity contribution is 7.99. The van der Waals surface area contributed by atoms with E-state index >= 15 is 0 Å². The zero-order chi connectivity index (χ0) is 13.8. The van der Waals surface area contributed by atoms with Crippen LogP contribution in [-0.2, 0) is 15.6 Å². The van der Waals surface area contributed by atoms with Crippen LogP contribution >= 0.6 is 23.4 Å². The number of nitro benzene ring substituents is 1. The van der Waals surface area contributed by atoms with Gasteiger partial charge in [0.2, 0.25) is 0 Å². The standard InChI is InChI=1S/C10H12ClNO4S2/c1-18(15,16)5-4-17-7-8-6-9(12(13)14)2-3-10(8)11/h2-3,6H,4-5,7H2,1H3. The van der Waals surface area contributed by atoms with Gasteiger partial charge in [0.05, 0.1) is 10.7 Å². The van der Waals surface area contributed by atoms with Crippen molar-refractivity contribution in [2.24, 2.45) is 0 Å². The fraction of sp³-hybridized carbons (Fsp3) is 0.400. The van der Waals surface area contributed by atoms with Gasteiger partial charge in [0.15, 0.2) is 0 Å². The van der Waals surface area contributed by atoms with Crippen molar-refractivity contribution in [2.45, 2.75) is 5.75 Å². The number of halogens is 1. The van der Waals surface area contributed by atoms with Gasteiger partial charge in [0, 0.05) is 34.9 Å². The molecule has 0 aliphatic rings. The molecule has 0 fully saturated rings. The molecule has 0 N–H and O–H groups in total. The summed E-state index contributed by atoms with van der Waals surface area (Å²) in [6.07, 6.45) is 1.17. The van der Waals surface area contributed by atoms with Crippen LogP contribution in [0.2, 0.25) is 5.02 Å². The number of rotatable bonds is 6. The second-order valence-electron chi connectivity index (χ2n) is 3.72. The maximum Gasteiger partial charge on any atom is 0.269 e. The molecule has 0 aliphatic carbocycles. The molecule has 1 aromatic carbocycles. The fourth-order valence-electron chi connectivity index (χ4n) is 1.18. The lowest BCUT2D eigenvalue weighted by Crippen LogP contribution is -2.05. The third-order valence-electron chi connectivity index (χ3n) is 2.10. The number of non-ortho nitro benzene ring substituents is 1. The van der Waals surface area contributed by atoms with Crippen LogP contribution in [0.4, 0.5) is 5.69 Å². The maximum absolute atomic E-state index is 10.9. The van der Waals surface area contributed by atoms with E-state index in [1.807, 2.05) is 0 Å². The molecule has 0 unspecified atom stereocenters. The van der Waals surface area contributed by atoms with E-state index in [9.17, 15) is 18.5 Å². The van der Waals surface area contributed by atoms with Crippen LogP contribution in [0.3, 0.4) is 0 Å². The van der Waals surface area contributed by atoms with Crippen LogP contribution in [0.25, 0.3) is 0 Å². The van der Waals surface area contributed by atoms with Crippen LogP contribution in [0, 0.1) is 10.1 Å². The largest absolute Gasteiger partial charge is 0.269 e. The summed E-state index contributed by atoms with van der Waals surface area (Å²) >= 11 is 7.30. The monoisotopic (exact) mass is 309 g/mol. The second-order valence-corrected chi connectivity index (χ2v) is 7.49. The molecule has 0 saturated heterocycles. The van der Waals surface area contributed by atoms with Gasteiger partial charge < -0.3 is 0 Å². The molecule has 1 rings (SSSR count). The highest BCUT2D eigenvalue weighted by Gasteiger charge is 2.10. The first kappa shape index (κ1) is 15.3. The minimum absolute atomic E-state index is 0.0156. The Labute approximate surface area is 115 Å². The van der Waals surface area contributed by atoms with E-state index < -0.39 is 14.8 Å². The molecule has 0 heterocycles. The summed E-state index contributed by atoms with van der Waals surface area (Å²) in [5, 5.41) is 11.1. The first-order valence-electron chi connectivity index (χ1n) is 4.98. The lowest BCUT2D eigenvalue weighted by Gasteiger charge is -2.04. The normalized spacial score (nSPS) is 11.4. The van der Waals surface area contributed by atoms with E-state index in [4.69, 9.17) is 11.6 Å². The molecular formula is C10H12ClNO4S2. The smallest absolute Gasteiger partial charge is 0.258 e. The van der Waals surface area contributed by atoms with Crippen molar-refractivity contribution in [3.8, 4) is 0 Å². The van der Waals surface area contributed by atoms with Crippen molar-refractivity contribution < 1.29 is 13.3 Å². The lowest BCUT2D eigenvalue weighted by atomic mass is 10.2. The predicted octanol–water partition coefficient (Wildman–Crippen LogP) is 2.53. The van der Waals surface area contributed by atoms with E-state index in [1.165, 1.54) is 36.2 Å². The van der Waals surface area contributed by atoms with E-state index in [-0.39, 0.29) is 11.4 Å². The summed E-state index contributed by atoms with van der Waals surface area (Å²) in [4.78, 5) is 10.1. The molecule has 0 radical (unpaired) electrons. The number of thioether (sulfide) groups is 1. The molecule has 100 valence electrons. The summed E-state index contributed by atoms with van der Waals surface area (Å²) in [6, 6.07) is 4.23. The van der Waals surface area contributed by atoms with Gasteiger partial charge in [-0.2, -0.15) is 11.8 Å². The van der Waals surface area contributed by atoms with Crippen LogP contribution in [-0.4, -0.2) is 31.1 Å². The van der Waals surface area contributed by atoms with Crippen LogP contribution in [0.5, 0.6) is 0 Å². The molecule has 0 aliphatic heterocycles. The van der Waals surface area contributed by atoms with Crippen molar-refractivity contribution in [1.29, 1.82) is 0 Å². The predicted molar refractivity (Wildman–Crippen MR) is 74.0 cm³/mol. The Kier molecular flexibility index (Phi) is 5.43. The topological polar surface area (TPSA) is 77.3 Å². The molecule has 0 saturated carbocycles. The molecule has 1 aromatic rings. The number of hydrogen-bond donors (Lipinski definition) is 0. The van der Waals surface area contributed by atoms with Gasteiger partial charge in [-0.15, -0.1) is 0 Å². The van der Waals surface area contributed by atoms with E-state index in [1.54, 1.807) is 0 Å². The molecule has 18 heavy (non-hydrogen) atoms. The third-order valence-corrected chi connectivity index (χ3v) is 4.68. The minimum atomic E-state index is -2.97. The molecule has 0 aromatic heterocycles. The van der Waals surface area contributed by atoms with Crippen molar-refractivity contribution >= 4 is 38.9 Å². The molecule has 0 bridgehead atoms. The Bertz CT molecular complexity index is 545. The highest BCUT2D eigenvalue weighted by Crippen LogP contribution is 2.25. The number of nitro groups is 1. The Hall–Kier alpha value is -0.790. The summed E-state index contributed by atoms with van der Waals surface area (Å²) < 4.78 is 21.8. The molecule has 0 amide bonds. The number of benzene rings is 1. The van der Waals surface area contributed by atoms with Crippen molar-refractivity contribution in [3.05, 3.63) is 38.9 Å². The van der Waals surface area contributed by atoms with Gasteiger partial charge in [-0.25, -0.2) is 8.42 Å². The average molecular weight is 310 g/mol. The first-order chi connectivity index (χ1) is 8.29. The van der Waals surface area contributed by atoms with Gasteiger partial charge in [-0.05, 0) is 11.6 Å². The van der Waals surface area contributed by atoms with Crippen LogP contribution in [0.15, 0.2) is 18.2 Å². The Morgan fingerprint density at radius 1 is 1.44 bits per heavy atom. The Morgan fingerprint density at radius 3 is 2.67 bits per heavy atom. The SMILES string of the molecule is CS(=O)(=O)CCSCc1cc([N+](=O)[O-])ccc1Cl. The average Bonchev–Trinajstić information content (AvgIpc) is 2.24. The number of sulfone groups is 1. The lowest BCUT2D eigenvalue weighted by molar-refractivity contribution is -0.384. The second kappa shape index (κ2) is 6.40. The zero-order valence-electron chi connectivity index (χ0n) is 9.63. The molecule has 0 spiro atoms. The van der Waals surface area contributed by atoms with Gasteiger partial charge in [-0.1, -0.05) is 11.6 Å². The summed E-state index contributed by atoms with van der Waals surface area (Å²) in [7, 11) is -2.97. The van der Waals surface area contributed by atoms with Gasteiger partial charge >= 0.3 is 0 Å². The summed E-state index contributed by atoms with van der Waals surface area (Å²) in [5.41, 5.74) is 0.627. The van der Waals surface area contributed by atoms with Crippen molar-refractivity contribution in [3.63, 3.8) is 0 Å². The Morgan fingerprint density at radius 2 is 2.11 bits per heavy atom. The van der Waals surface area contributed by atoms with Crippen molar-refractivity contribution in [2.75, 3.05) is 17.8 Å². The molecule has 5 nitrogen and oxygen atoms in total. The van der Waals surface area contributed by atoms with E-state index in [0.717, 1.165) is 0 Å². The Balaban J connectivity index is 2.61. The molecular weight excluding hydrogens is 298 g/mol. The van der Waals surface area contributed by atoms with Crippen LogP contribution in [0.1, 0.15) is 5.56 Å².